The van der Waals surface area contributed by atoms with Crippen molar-refractivity contribution in [1.29, 1.82) is 0 Å². The summed E-state index contributed by atoms with van der Waals surface area (Å²) in [5.41, 5.74) is 2.34. The van der Waals surface area contributed by atoms with Crippen LogP contribution in [0.2, 0.25) is 5.02 Å². The summed E-state index contributed by atoms with van der Waals surface area (Å²) in [5, 5.41) is 2.01. The van der Waals surface area contributed by atoms with Crippen molar-refractivity contribution in [3.05, 3.63) is 35.0 Å². The van der Waals surface area contributed by atoms with Crippen LogP contribution in [0.3, 0.4) is 0 Å². The van der Waals surface area contributed by atoms with E-state index in [1.807, 2.05) is 12.1 Å². The molecule has 15 heavy (non-hydrogen) atoms. The number of benzene rings is 1. The van der Waals surface area contributed by atoms with Crippen molar-refractivity contribution < 1.29 is 0 Å². The number of halogens is 1. The maximum absolute atomic E-state index is 6.23. The van der Waals surface area contributed by atoms with Crippen LogP contribution in [0.5, 0.6) is 0 Å². The van der Waals surface area contributed by atoms with E-state index >= 15 is 0 Å². The van der Waals surface area contributed by atoms with Crippen molar-refractivity contribution in [2.45, 2.75) is 25.6 Å². The Morgan fingerprint density at radius 2 is 2.13 bits per heavy atom. The third-order valence-electron chi connectivity index (χ3n) is 2.57. The molecule has 1 aromatic heterocycles. The summed E-state index contributed by atoms with van der Waals surface area (Å²) in [4.78, 5) is 0. The molecule has 2 rings (SSSR count). The van der Waals surface area contributed by atoms with Gasteiger partial charge in [0, 0.05) is 22.9 Å². The quantitative estimate of drug-likeness (QED) is 0.746. The summed E-state index contributed by atoms with van der Waals surface area (Å²) < 4.78 is 2.25. The average molecular weight is 240 g/mol. The van der Waals surface area contributed by atoms with Crippen LogP contribution in [0, 0.1) is 0 Å². The predicted octanol–water partition coefficient (Wildman–Crippen LogP) is 4.31. The minimum atomic E-state index is 0.407. The lowest BCUT2D eigenvalue weighted by Crippen LogP contribution is -2.04. The van der Waals surface area contributed by atoms with Gasteiger partial charge < -0.3 is 4.57 Å². The molecule has 1 aromatic carbocycles. The molecule has 1 nitrogen and oxygen atoms in total. The molecule has 0 saturated carbocycles. The fourth-order valence-corrected chi connectivity index (χ4v) is 2.52. The SMILES string of the molecule is CC(C)n1c(CS)cc2cccc(Cl)c21. The number of hydrogen-bond donors (Lipinski definition) is 1. The van der Waals surface area contributed by atoms with Crippen molar-refractivity contribution in [1.82, 2.24) is 4.57 Å². The number of thiol groups is 1. The summed E-state index contributed by atoms with van der Waals surface area (Å²) in [6.07, 6.45) is 0. The fraction of sp³-hybridized carbons (Fsp3) is 0.333. The van der Waals surface area contributed by atoms with E-state index in [9.17, 15) is 0 Å². The number of nitrogens with zero attached hydrogens (tertiary/aromatic N) is 1. The first-order valence-electron chi connectivity index (χ1n) is 5.04. The Morgan fingerprint density at radius 1 is 1.40 bits per heavy atom. The van der Waals surface area contributed by atoms with Crippen LogP contribution >= 0.6 is 24.2 Å². The standard InChI is InChI=1S/C12H14ClNS/c1-8(2)14-10(7-15)6-9-4-3-5-11(13)12(9)14/h3-6,8,15H,7H2,1-2H3. The Bertz CT molecular complexity index is 488. The molecule has 0 aliphatic rings. The maximum atomic E-state index is 6.23. The Kier molecular flexibility index (Phi) is 2.98. The van der Waals surface area contributed by atoms with E-state index in [0.29, 0.717) is 6.04 Å². The summed E-state index contributed by atoms with van der Waals surface area (Å²) in [7, 11) is 0. The largest absolute Gasteiger partial charge is 0.340 e. The van der Waals surface area contributed by atoms with E-state index in [1.54, 1.807) is 0 Å². The zero-order valence-corrected chi connectivity index (χ0v) is 10.5. The third-order valence-corrected chi connectivity index (χ3v) is 3.20. The number of rotatable bonds is 2. The van der Waals surface area contributed by atoms with Gasteiger partial charge in [-0.2, -0.15) is 12.6 Å². The summed E-state index contributed by atoms with van der Waals surface area (Å²) in [6, 6.07) is 8.58. The monoisotopic (exact) mass is 239 g/mol. The Balaban J connectivity index is 2.82. The van der Waals surface area contributed by atoms with Gasteiger partial charge in [0.2, 0.25) is 0 Å². The fourth-order valence-electron chi connectivity index (χ4n) is 2.01. The van der Waals surface area contributed by atoms with Crippen LogP contribution in [0.4, 0.5) is 0 Å². The summed E-state index contributed by atoms with van der Waals surface area (Å²) in [6.45, 7) is 4.32. The summed E-state index contributed by atoms with van der Waals surface area (Å²) >= 11 is 10.6. The van der Waals surface area contributed by atoms with E-state index < -0.39 is 0 Å². The molecule has 0 N–H and O–H groups in total. The second kappa shape index (κ2) is 4.11. The zero-order chi connectivity index (χ0) is 11.0. The van der Waals surface area contributed by atoms with Gasteiger partial charge >= 0.3 is 0 Å². The van der Waals surface area contributed by atoms with Gasteiger partial charge in [-0.3, -0.25) is 0 Å². The molecule has 0 aliphatic heterocycles. The van der Waals surface area contributed by atoms with Crippen LogP contribution in [0.15, 0.2) is 24.3 Å². The van der Waals surface area contributed by atoms with E-state index in [4.69, 9.17) is 11.6 Å². The second-order valence-corrected chi connectivity index (χ2v) is 4.66. The number of fused-ring (bicyclic) bond motifs is 1. The minimum Gasteiger partial charge on any atom is -0.340 e. The van der Waals surface area contributed by atoms with E-state index in [0.717, 1.165) is 16.3 Å². The molecule has 0 aliphatic carbocycles. The highest BCUT2D eigenvalue weighted by atomic mass is 35.5. The normalized spacial score (nSPS) is 11.5. The zero-order valence-electron chi connectivity index (χ0n) is 8.87. The number of aromatic nitrogens is 1. The average Bonchev–Trinajstić information content (AvgIpc) is 2.57. The first kappa shape index (κ1) is 10.9. The first-order valence-corrected chi connectivity index (χ1v) is 6.05. The highest BCUT2D eigenvalue weighted by molar-refractivity contribution is 7.79. The highest BCUT2D eigenvalue weighted by Gasteiger charge is 2.12. The molecule has 2 aromatic rings. The topological polar surface area (TPSA) is 4.93 Å². The molecular weight excluding hydrogens is 226 g/mol. The van der Waals surface area contributed by atoms with Gasteiger partial charge in [-0.1, -0.05) is 23.7 Å². The number of para-hydroxylation sites is 1. The number of hydrogen-bond acceptors (Lipinski definition) is 1. The lowest BCUT2D eigenvalue weighted by Gasteiger charge is -2.14. The van der Waals surface area contributed by atoms with Gasteiger partial charge in [-0.15, -0.1) is 0 Å². The second-order valence-electron chi connectivity index (χ2n) is 3.94. The van der Waals surface area contributed by atoms with E-state index in [-0.39, 0.29) is 0 Å². The van der Waals surface area contributed by atoms with Crippen molar-refractivity contribution >= 4 is 35.1 Å². The van der Waals surface area contributed by atoms with Gasteiger partial charge in [0.1, 0.15) is 0 Å². The maximum Gasteiger partial charge on any atom is 0.0674 e. The van der Waals surface area contributed by atoms with E-state index in [2.05, 4.69) is 43.2 Å². The first-order chi connectivity index (χ1) is 7.15. The van der Waals surface area contributed by atoms with Crippen LogP contribution in [-0.4, -0.2) is 4.57 Å². The molecule has 1 heterocycles. The molecule has 0 atom stereocenters. The van der Waals surface area contributed by atoms with Crippen molar-refractivity contribution in [3.63, 3.8) is 0 Å². The molecule has 0 amide bonds. The Labute approximate surface area is 100 Å². The minimum absolute atomic E-state index is 0.407. The van der Waals surface area contributed by atoms with E-state index in [1.165, 1.54) is 11.1 Å². The molecule has 0 saturated heterocycles. The van der Waals surface area contributed by atoms with Gasteiger partial charge in [-0.05, 0) is 26.0 Å². The highest BCUT2D eigenvalue weighted by Crippen LogP contribution is 2.30. The predicted molar refractivity (Wildman–Crippen MR) is 70.0 cm³/mol. The smallest absolute Gasteiger partial charge is 0.0674 e. The van der Waals surface area contributed by atoms with Crippen LogP contribution in [0.1, 0.15) is 25.6 Å². The lowest BCUT2D eigenvalue weighted by molar-refractivity contribution is 0.606. The third kappa shape index (κ3) is 1.77. The Hall–Kier alpha value is -0.600. The lowest BCUT2D eigenvalue weighted by atomic mass is 10.2. The molecule has 0 unspecified atom stereocenters. The van der Waals surface area contributed by atoms with Crippen LogP contribution in [0.25, 0.3) is 10.9 Å². The van der Waals surface area contributed by atoms with Crippen molar-refractivity contribution in [2.24, 2.45) is 0 Å². The van der Waals surface area contributed by atoms with Gasteiger partial charge in [0.15, 0.2) is 0 Å². The molecule has 0 fully saturated rings. The molecule has 0 spiro atoms. The molecule has 80 valence electrons. The summed E-state index contributed by atoms with van der Waals surface area (Å²) in [5.74, 6) is 0.739. The molecule has 0 bridgehead atoms. The van der Waals surface area contributed by atoms with Gasteiger partial charge in [-0.25, -0.2) is 0 Å². The molecule has 0 radical (unpaired) electrons. The molecular formula is C12H14ClNS. The van der Waals surface area contributed by atoms with Crippen molar-refractivity contribution in [2.75, 3.05) is 0 Å². The molecule has 3 heteroatoms. The van der Waals surface area contributed by atoms with Gasteiger partial charge in [0.25, 0.3) is 0 Å². The Morgan fingerprint density at radius 3 is 2.73 bits per heavy atom. The van der Waals surface area contributed by atoms with Gasteiger partial charge in [0.05, 0.1) is 10.5 Å². The van der Waals surface area contributed by atoms with Crippen molar-refractivity contribution in [3.8, 4) is 0 Å². The van der Waals surface area contributed by atoms with Crippen LogP contribution in [-0.2, 0) is 5.75 Å². The van der Waals surface area contributed by atoms with Crippen LogP contribution < -0.4 is 0 Å².